The highest BCUT2D eigenvalue weighted by atomic mass is 35.5. The van der Waals surface area contributed by atoms with E-state index in [9.17, 15) is 4.79 Å². The van der Waals surface area contributed by atoms with Gasteiger partial charge in [0.05, 0.1) is 12.6 Å². The van der Waals surface area contributed by atoms with E-state index in [2.05, 4.69) is 15.7 Å². The number of hydrogen-bond acceptors (Lipinski definition) is 3. The molecule has 3 atom stereocenters. The van der Waals surface area contributed by atoms with E-state index in [1.807, 2.05) is 41.2 Å². The SMILES string of the molecule is Cl.O=C(Nc1ccc(Cn2cccn2)cc1)C1CC2CCCCC2N1. The van der Waals surface area contributed by atoms with Crippen molar-refractivity contribution in [2.24, 2.45) is 5.92 Å². The maximum atomic E-state index is 12.5. The number of halogens is 1. The second-order valence-electron chi connectivity index (χ2n) is 7.00. The average molecular weight is 361 g/mol. The van der Waals surface area contributed by atoms with Crippen molar-refractivity contribution in [3.8, 4) is 0 Å². The van der Waals surface area contributed by atoms with Crippen LogP contribution in [0.4, 0.5) is 5.69 Å². The lowest BCUT2D eigenvalue weighted by atomic mass is 9.85. The zero-order chi connectivity index (χ0) is 16.4. The van der Waals surface area contributed by atoms with Crippen LogP contribution < -0.4 is 10.6 Å². The Bertz CT molecular complexity index is 672. The first-order valence-corrected chi connectivity index (χ1v) is 8.91. The molecule has 1 aromatic carbocycles. The maximum Gasteiger partial charge on any atom is 0.241 e. The van der Waals surface area contributed by atoms with E-state index in [0.29, 0.717) is 12.0 Å². The van der Waals surface area contributed by atoms with Crippen LogP contribution in [-0.4, -0.2) is 27.8 Å². The summed E-state index contributed by atoms with van der Waals surface area (Å²) in [4.78, 5) is 12.5. The van der Waals surface area contributed by atoms with Crippen molar-refractivity contribution in [3.05, 3.63) is 48.3 Å². The molecule has 1 aliphatic heterocycles. The zero-order valence-electron chi connectivity index (χ0n) is 14.2. The smallest absolute Gasteiger partial charge is 0.241 e. The highest BCUT2D eigenvalue weighted by Crippen LogP contribution is 2.33. The molecule has 25 heavy (non-hydrogen) atoms. The minimum atomic E-state index is -0.0400. The van der Waals surface area contributed by atoms with Crippen molar-refractivity contribution in [1.82, 2.24) is 15.1 Å². The van der Waals surface area contributed by atoms with Crippen molar-refractivity contribution in [1.29, 1.82) is 0 Å². The molecule has 1 amide bonds. The third-order valence-electron chi connectivity index (χ3n) is 5.30. The quantitative estimate of drug-likeness (QED) is 0.880. The fourth-order valence-electron chi connectivity index (χ4n) is 4.03. The number of anilines is 1. The summed E-state index contributed by atoms with van der Waals surface area (Å²) in [6, 6.07) is 10.4. The molecule has 2 heterocycles. The van der Waals surface area contributed by atoms with Gasteiger partial charge in [-0.25, -0.2) is 0 Å². The van der Waals surface area contributed by atoms with Crippen molar-refractivity contribution in [2.45, 2.75) is 50.7 Å². The summed E-state index contributed by atoms with van der Waals surface area (Å²) in [5, 5.41) is 10.8. The van der Waals surface area contributed by atoms with Gasteiger partial charge in [-0.2, -0.15) is 5.10 Å². The minimum absolute atomic E-state index is 0. The molecule has 0 spiro atoms. The van der Waals surface area contributed by atoms with Crippen LogP contribution in [0.25, 0.3) is 0 Å². The van der Waals surface area contributed by atoms with Crippen LogP contribution in [-0.2, 0) is 11.3 Å². The van der Waals surface area contributed by atoms with Crippen molar-refractivity contribution in [3.63, 3.8) is 0 Å². The lowest BCUT2D eigenvalue weighted by Crippen LogP contribution is -2.39. The van der Waals surface area contributed by atoms with Gasteiger partial charge in [-0.15, -0.1) is 12.4 Å². The van der Waals surface area contributed by atoms with Crippen LogP contribution in [0.1, 0.15) is 37.7 Å². The summed E-state index contributed by atoms with van der Waals surface area (Å²) < 4.78 is 1.89. The number of carbonyl (C=O) groups excluding carboxylic acids is 1. The Morgan fingerprint density at radius 2 is 2.04 bits per heavy atom. The summed E-state index contributed by atoms with van der Waals surface area (Å²) in [5.41, 5.74) is 2.03. The summed E-state index contributed by atoms with van der Waals surface area (Å²) in [7, 11) is 0. The molecule has 0 bridgehead atoms. The molecule has 134 valence electrons. The molecule has 6 heteroatoms. The van der Waals surface area contributed by atoms with E-state index in [1.54, 1.807) is 6.20 Å². The summed E-state index contributed by atoms with van der Waals surface area (Å²) in [6.45, 7) is 0.745. The molecule has 5 nitrogen and oxygen atoms in total. The molecule has 2 N–H and O–H groups in total. The van der Waals surface area contributed by atoms with Crippen LogP contribution in [0.3, 0.4) is 0 Å². The molecule has 1 aliphatic carbocycles. The molecule has 0 radical (unpaired) electrons. The van der Waals surface area contributed by atoms with Gasteiger partial charge in [0.15, 0.2) is 0 Å². The van der Waals surface area contributed by atoms with Gasteiger partial charge >= 0.3 is 0 Å². The average Bonchev–Trinajstić information content (AvgIpc) is 3.25. The van der Waals surface area contributed by atoms with E-state index in [1.165, 1.54) is 31.2 Å². The molecular formula is C19H25ClN4O. The third kappa shape index (κ3) is 4.22. The zero-order valence-corrected chi connectivity index (χ0v) is 15.0. The number of hydrogen-bond donors (Lipinski definition) is 2. The highest BCUT2D eigenvalue weighted by molar-refractivity contribution is 5.95. The molecule has 1 saturated carbocycles. The van der Waals surface area contributed by atoms with Gasteiger partial charge in [-0.1, -0.05) is 25.0 Å². The number of nitrogens with zero attached hydrogens (tertiary/aromatic N) is 2. The Balaban J connectivity index is 0.00000182. The van der Waals surface area contributed by atoms with E-state index in [0.717, 1.165) is 18.7 Å². The first-order valence-electron chi connectivity index (χ1n) is 8.91. The lowest BCUT2D eigenvalue weighted by Gasteiger charge is -2.24. The number of rotatable bonds is 4. The van der Waals surface area contributed by atoms with E-state index in [4.69, 9.17) is 0 Å². The number of benzene rings is 1. The molecular weight excluding hydrogens is 336 g/mol. The Morgan fingerprint density at radius 1 is 1.24 bits per heavy atom. The normalized spacial score (nSPS) is 25.0. The summed E-state index contributed by atoms with van der Waals surface area (Å²) >= 11 is 0. The van der Waals surface area contributed by atoms with Gasteiger partial charge in [0.1, 0.15) is 0 Å². The second-order valence-corrected chi connectivity index (χ2v) is 7.00. The molecule has 1 saturated heterocycles. The number of amides is 1. The van der Waals surface area contributed by atoms with Crippen LogP contribution >= 0.6 is 12.4 Å². The predicted molar refractivity (Wildman–Crippen MR) is 101 cm³/mol. The van der Waals surface area contributed by atoms with Gasteiger partial charge < -0.3 is 10.6 Å². The minimum Gasteiger partial charge on any atom is -0.325 e. The molecule has 2 aliphatic rings. The van der Waals surface area contributed by atoms with Gasteiger partial charge in [0, 0.05) is 24.1 Å². The van der Waals surface area contributed by atoms with E-state index >= 15 is 0 Å². The maximum absolute atomic E-state index is 12.5. The fraction of sp³-hybridized carbons (Fsp3) is 0.474. The number of fused-ring (bicyclic) bond motifs is 1. The topological polar surface area (TPSA) is 59.0 Å². The molecule has 4 rings (SSSR count). The largest absolute Gasteiger partial charge is 0.325 e. The van der Waals surface area contributed by atoms with Crippen molar-refractivity contribution in [2.75, 3.05) is 5.32 Å². The van der Waals surface area contributed by atoms with Gasteiger partial charge in [0.2, 0.25) is 5.91 Å². The fourth-order valence-corrected chi connectivity index (χ4v) is 4.03. The van der Waals surface area contributed by atoms with Crippen LogP contribution in [0.2, 0.25) is 0 Å². The molecule has 1 aromatic heterocycles. The van der Waals surface area contributed by atoms with Gasteiger partial charge in [-0.3, -0.25) is 9.48 Å². The van der Waals surface area contributed by atoms with E-state index in [-0.39, 0.29) is 24.4 Å². The Labute approximate surface area is 154 Å². The predicted octanol–water partition coefficient (Wildman–Crippen LogP) is 3.21. The first-order chi connectivity index (χ1) is 11.8. The van der Waals surface area contributed by atoms with Crippen LogP contribution in [0.15, 0.2) is 42.7 Å². The molecule has 2 aromatic rings. The van der Waals surface area contributed by atoms with Crippen molar-refractivity contribution < 1.29 is 4.79 Å². The van der Waals surface area contributed by atoms with Crippen LogP contribution in [0.5, 0.6) is 0 Å². The standard InChI is InChI=1S/C19H24N4O.ClH/c24-19(18-12-15-4-1-2-5-17(15)22-18)21-16-8-6-14(7-9-16)13-23-11-3-10-20-23;/h3,6-11,15,17-18,22H,1-2,4-5,12-13H2,(H,21,24);1H. The monoisotopic (exact) mass is 360 g/mol. The number of carbonyl (C=O) groups is 1. The lowest BCUT2D eigenvalue weighted by molar-refractivity contribution is -0.117. The number of aromatic nitrogens is 2. The Kier molecular flexibility index (Phi) is 5.76. The highest BCUT2D eigenvalue weighted by Gasteiger charge is 2.38. The second kappa shape index (κ2) is 8.02. The molecule has 3 unspecified atom stereocenters. The van der Waals surface area contributed by atoms with Gasteiger partial charge in [0.25, 0.3) is 0 Å². The van der Waals surface area contributed by atoms with E-state index < -0.39 is 0 Å². The molecule has 2 fully saturated rings. The third-order valence-corrected chi connectivity index (χ3v) is 5.30. The Morgan fingerprint density at radius 3 is 2.76 bits per heavy atom. The first kappa shape index (κ1) is 18.0. The summed E-state index contributed by atoms with van der Waals surface area (Å²) in [5.74, 6) is 0.787. The van der Waals surface area contributed by atoms with Gasteiger partial charge in [-0.05, 0) is 48.9 Å². The number of nitrogens with one attached hydrogen (secondary N) is 2. The van der Waals surface area contributed by atoms with Crippen LogP contribution in [0, 0.1) is 5.92 Å². The Hall–Kier alpha value is -1.85. The summed E-state index contributed by atoms with van der Waals surface area (Å²) in [6.07, 6.45) is 9.80. The van der Waals surface area contributed by atoms with Crippen molar-refractivity contribution >= 4 is 24.0 Å².